The number of aromatic carboxylic acids is 1. The monoisotopic (exact) mass is 205 g/mol. The molecule has 0 aliphatic rings. The first-order valence-corrected chi connectivity index (χ1v) is 4.50. The molecule has 0 saturated carbocycles. The van der Waals surface area contributed by atoms with Gasteiger partial charge in [-0.25, -0.2) is 9.78 Å². The van der Waals surface area contributed by atoms with Crippen molar-refractivity contribution in [2.24, 2.45) is 0 Å². The highest BCUT2D eigenvalue weighted by atomic mass is 16.5. The molecule has 0 bridgehead atoms. The van der Waals surface area contributed by atoms with Crippen molar-refractivity contribution in [2.75, 3.05) is 6.61 Å². The molecule has 0 amide bonds. The van der Waals surface area contributed by atoms with Gasteiger partial charge in [-0.15, -0.1) is 12.3 Å². The fourth-order valence-corrected chi connectivity index (χ4v) is 1.02. The smallest absolute Gasteiger partial charge is 0.358 e. The van der Waals surface area contributed by atoms with Crippen molar-refractivity contribution in [1.82, 2.24) is 4.98 Å². The Morgan fingerprint density at radius 2 is 2.47 bits per heavy atom. The maximum atomic E-state index is 10.7. The zero-order valence-corrected chi connectivity index (χ0v) is 8.14. The molecular formula is C11H11NO3. The number of hydrogen-bond donors (Lipinski definition) is 1. The summed E-state index contributed by atoms with van der Waals surface area (Å²) in [5, 5.41) is 8.79. The minimum absolute atomic E-state index is 0.0711. The first-order valence-electron chi connectivity index (χ1n) is 4.50. The maximum Gasteiger partial charge on any atom is 0.358 e. The molecule has 78 valence electrons. The molecule has 15 heavy (non-hydrogen) atoms. The highest BCUT2D eigenvalue weighted by Gasteiger charge is 2.11. The van der Waals surface area contributed by atoms with Gasteiger partial charge in [0.15, 0.2) is 11.4 Å². The van der Waals surface area contributed by atoms with Gasteiger partial charge in [0.2, 0.25) is 0 Å². The van der Waals surface area contributed by atoms with E-state index >= 15 is 0 Å². The van der Waals surface area contributed by atoms with Crippen LogP contribution < -0.4 is 4.74 Å². The molecule has 1 aromatic heterocycles. The van der Waals surface area contributed by atoms with E-state index in [9.17, 15) is 4.79 Å². The van der Waals surface area contributed by atoms with Gasteiger partial charge >= 0.3 is 5.97 Å². The first-order chi connectivity index (χ1) is 7.25. The van der Waals surface area contributed by atoms with E-state index < -0.39 is 5.97 Å². The molecule has 0 radical (unpaired) electrons. The third kappa shape index (κ3) is 3.31. The quantitative estimate of drug-likeness (QED) is 0.585. The fraction of sp³-hybridized carbons (Fsp3) is 0.273. The molecule has 0 atom stereocenters. The average Bonchev–Trinajstić information content (AvgIpc) is 2.25. The number of hydrogen-bond acceptors (Lipinski definition) is 3. The van der Waals surface area contributed by atoms with Gasteiger partial charge in [0.05, 0.1) is 6.61 Å². The van der Waals surface area contributed by atoms with Crippen molar-refractivity contribution < 1.29 is 14.6 Å². The van der Waals surface area contributed by atoms with Crippen LogP contribution in [0.15, 0.2) is 18.3 Å². The summed E-state index contributed by atoms with van der Waals surface area (Å²) in [6.07, 6.45) is 7.80. The van der Waals surface area contributed by atoms with Crippen LogP contribution in [0.3, 0.4) is 0 Å². The Bertz CT molecular complexity index is 382. The summed E-state index contributed by atoms with van der Waals surface area (Å²) in [6, 6.07) is 3.20. The van der Waals surface area contributed by atoms with Crippen molar-refractivity contribution >= 4 is 5.97 Å². The molecule has 0 aliphatic heterocycles. The van der Waals surface area contributed by atoms with Gasteiger partial charge in [0.1, 0.15) is 0 Å². The van der Waals surface area contributed by atoms with Crippen molar-refractivity contribution in [3.8, 4) is 18.1 Å². The number of ether oxygens (including phenoxy) is 1. The van der Waals surface area contributed by atoms with Crippen LogP contribution in [0.4, 0.5) is 0 Å². The lowest BCUT2D eigenvalue weighted by Gasteiger charge is -2.06. The number of carbonyl (C=O) groups is 1. The van der Waals surface area contributed by atoms with E-state index in [2.05, 4.69) is 10.9 Å². The second-order valence-electron chi connectivity index (χ2n) is 2.81. The van der Waals surface area contributed by atoms with E-state index in [1.54, 1.807) is 12.1 Å². The summed E-state index contributed by atoms with van der Waals surface area (Å²) in [5.41, 5.74) is -0.0711. The van der Waals surface area contributed by atoms with Crippen LogP contribution in [-0.4, -0.2) is 22.7 Å². The molecule has 1 aromatic rings. The van der Waals surface area contributed by atoms with Crippen LogP contribution in [-0.2, 0) is 0 Å². The van der Waals surface area contributed by atoms with Gasteiger partial charge in [-0.05, 0) is 18.6 Å². The van der Waals surface area contributed by atoms with Crippen LogP contribution in [0.5, 0.6) is 5.75 Å². The van der Waals surface area contributed by atoms with Gasteiger partial charge in [0.25, 0.3) is 0 Å². The zero-order chi connectivity index (χ0) is 11.1. The molecule has 1 N–H and O–H groups in total. The number of carboxylic acids is 1. The molecule has 0 fully saturated rings. The van der Waals surface area contributed by atoms with Crippen molar-refractivity contribution in [3.63, 3.8) is 0 Å². The lowest BCUT2D eigenvalue weighted by molar-refractivity contribution is 0.0685. The molecule has 0 unspecified atom stereocenters. The summed E-state index contributed by atoms with van der Waals surface area (Å²) in [7, 11) is 0. The van der Waals surface area contributed by atoms with Crippen molar-refractivity contribution in [2.45, 2.75) is 12.8 Å². The predicted molar refractivity (Wildman–Crippen MR) is 54.8 cm³/mol. The molecule has 1 heterocycles. The highest BCUT2D eigenvalue weighted by molar-refractivity contribution is 5.88. The van der Waals surface area contributed by atoms with Gasteiger partial charge in [-0.1, -0.05) is 0 Å². The lowest BCUT2D eigenvalue weighted by Crippen LogP contribution is -2.06. The van der Waals surface area contributed by atoms with Gasteiger partial charge in [0, 0.05) is 12.6 Å². The largest absolute Gasteiger partial charge is 0.491 e. The van der Waals surface area contributed by atoms with Crippen LogP contribution in [0.2, 0.25) is 0 Å². The summed E-state index contributed by atoms with van der Waals surface area (Å²) in [5.74, 6) is 1.66. The number of pyridine rings is 1. The maximum absolute atomic E-state index is 10.7. The van der Waals surface area contributed by atoms with Crippen molar-refractivity contribution in [3.05, 3.63) is 24.0 Å². The Kier molecular flexibility index (Phi) is 4.17. The average molecular weight is 205 g/mol. The minimum Gasteiger partial charge on any atom is -0.491 e. The summed E-state index contributed by atoms with van der Waals surface area (Å²) in [6.45, 7) is 0.399. The number of nitrogens with zero attached hydrogens (tertiary/aromatic N) is 1. The standard InChI is InChI=1S/C11H11NO3/c1-2-3-4-8-15-9-6-5-7-12-10(9)11(13)14/h1,5-7H,3-4,8H2,(H,13,14). The SMILES string of the molecule is C#CCCCOc1cccnc1C(=O)O. The number of rotatable bonds is 5. The molecule has 0 saturated heterocycles. The zero-order valence-electron chi connectivity index (χ0n) is 8.14. The first kappa shape index (κ1) is 11.1. The Labute approximate surface area is 87.9 Å². The normalized spacial score (nSPS) is 9.27. The molecule has 4 nitrogen and oxygen atoms in total. The number of terminal acetylenes is 1. The molecule has 0 aromatic carbocycles. The Hall–Kier alpha value is -2.02. The van der Waals surface area contributed by atoms with Crippen LogP contribution >= 0.6 is 0 Å². The summed E-state index contributed by atoms with van der Waals surface area (Å²) < 4.78 is 5.26. The number of aromatic nitrogens is 1. The highest BCUT2D eigenvalue weighted by Crippen LogP contribution is 2.15. The molecule has 0 aliphatic carbocycles. The molecule has 0 spiro atoms. The van der Waals surface area contributed by atoms with Gasteiger partial charge in [-0.3, -0.25) is 0 Å². The Morgan fingerprint density at radius 1 is 1.67 bits per heavy atom. The van der Waals surface area contributed by atoms with Crippen LogP contribution in [0.25, 0.3) is 0 Å². The second kappa shape index (κ2) is 5.66. The van der Waals surface area contributed by atoms with E-state index in [1.807, 2.05) is 0 Å². The Balaban J connectivity index is 2.60. The van der Waals surface area contributed by atoms with E-state index in [0.29, 0.717) is 19.4 Å². The third-order valence-corrected chi connectivity index (χ3v) is 1.70. The van der Waals surface area contributed by atoms with Crippen molar-refractivity contribution in [1.29, 1.82) is 0 Å². The van der Waals surface area contributed by atoms with Gasteiger partial charge < -0.3 is 9.84 Å². The molecule has 4 heteroatoms. The minimum atomic E-state index is -1.09. The van der Waals surface area contributed by atoms with E-state index in [1.165, 1.54) is 6.20 Å². The predicted octanol–water partition coefficient (Wildman–Crippen LogP) is 1.57. The van der Waals surface area contributed by atoms with Crippen LogP contribution in [0.1, 0.15) is 23.3 Å². The summed E-state index contributed by atoms with van der Waals surface area (Å²) >= 11 is 0. The summed E-state index contributed by atoms with van der Waals surface area (Å²) in [4.78, 5) is 14.4. The van der Waals surface area contributed by atoms with E-state index in [0.717, 1.165) is 0 Å². The second-order valence-corrected chi connectivity index (χ2v) is 2.81. The number of unbranched alkanes of at least 4 members (excludes halogenated alkanes) is 1. The fourth-order valence-electron chi connectivity index (χ4n) is 1.02. The van der Waals surface area contributed by atoms with Gasteiger partial charge in [-0.2, -0.15) is 0 Å². The topological polar surface area (TPSA) is 59.4 Å². The van der Waals surface area contributed by atoms with E-state index in [-0.39, 0.29) is 11.4 Å². The Morgan fingerprint density at radius 3 is 3.13 bits per heavy atom. The molecule has 1 rings (SSSR count). The number of carboxylic acid groups (broad SMARTS) is 1. The van der Waals surface area contributed by atoms with Crippen LogP contribution in [0, 0.1) is 12.3 Å². The molecular weight excluding hydrogens is 194 g/mol. The van der Waals surface area contributed by atoms with E-state index in [4.69, 9.17) is 16.3 Å². The lowest BCUT2D eigenvalue weighted by atomic mass is 10.3. The third-order valence-electron chi connectivity index (χ3n) is 1.70.